The van der Waals surface area contributed by atoms with E-state index in [1.165, 1.54) is 64.2 Å². The minimum atomic E-state index is -4.03. The Morgan fingerprint density at radius 3 is 1.86 bits per heavy atom. The van der Waals surface area contributed by atoms with Gasteiger partial charge in [0.1, 0.15) is 0 Å². The van der Waals surface area contributed by atoms with Crippen LogP contribution in [0.2, 0.25) is 0 Å². The Kier molecular flexibility index (Phi) is 13.8. The summed E-state index contributed by atoms with van der Waals surface area (Å²) in [6, 6.07) is 0.149. The van der Waals surface area contributed by atoms with Gasteiger partial charge < -0.3 is 4.90 Å². The predicted molar refractivity (Wildman–Crippen MR) is 116 cm³/mol. The summed E-state index contributed by atoms with van der Waals surface area (Å²) < 4.78 is 31.3. The van der Waals surface area contributed by atoms with E-state index in [1.54, 1.807) is 4.90 Å². The van der Waals surface area contributed by atoms with Crippen LogP contribution in [0.4, 0.5) is 0 Å². The predicted octanol–water partition coefficient (Wildman–Crippen LogP) is 5.74. The maximum absolute atomic E-state index is 12.7. The van der Waals surface area contributed by atoms with Crippen LogP contribution < -0.4 is 0 Å². The van der Waals surface area contributed by atoms with Gasteiger partial charge in [0.15, 0.2) is 0 Å². The number of amides is 1. The number of carbonyl (C=O) groups excluding carboxylic acids is 1. The molecular weight excluding hydrogens is 374 g/mol. The van der Waals surface area contributed by atoms with E-state index in [0.717, 1.165) is 38.5 Å². The van der Waals surface area contributed by atoms with E-state index < -0.39 is 10.1 Å². The molecule has 1 rings (SSSR count). The van der Waals surface area contributed by atoms with E-state index >= 15 is 0 Å². The second-order valence-electron chi connectivity index (χ2n) is 8.45. The third-order valence-electron chi connectivity index (χ3n) is 5.92. The van der Waals surface area contributed by atoms with Crippen molar-refractivity contribution < 1.29 is 17.8 Å². The van der Waals surface area contributed by atoms with Crippen LogP contribution in [-0.4, -0.2) is 42.1 Å². The monoisotopic (exact) mass is 417 g/mol. The van der Waals surface area contributed by atoms with Crippen molar-refractivity contribution in [2.24, 2.45) is 0 Å². The maximum Gasteiger partial charge on any atom is 0.266 e. The Hall–Kier alpha value is -0.620. The van der Waals surface area contributed by atoms with E-state index in [-0.39, 0.29) is 24.2 Å². The standard InChI is InChI=1S/C22H43NO4S/c1-2-3-4-5-6-7-8-9-10-11-15-18-22(24)23(19-20-28(25,26)27)21-16-13-12-14-17-21/h21H,2-20H2,1H3,(H,25,26,27). The van der Waals surface area contributed by atoms with Crippen molar-refractivity contribution in [1.82, 2.24) is 4.90 Å². The molecule has 0 heterocycles. The minimum absolute atomic E-state index is 0.0616. The lowest BCUT2D eigenvalue weighted by Crippen LogP contribution is -2.43. The fourth-order valence-corrected chi connectivity index (χ4v) is 4.63. The van der Waals surface area contributed by atoms with Gasteiger partial charge in [-0.05, 0) is 19.3 Å². The van der Waals surface area contributed by atoms with Gasteiger partial charge in [-0.25, -0.2) is 0 Å². The lowest BCUT2D eigenvalue weighted by molar-refractivity contribution is -0.134. The molecule has 0 aromatic heterocycles. The molecule has 0 aromatic carbocycles. The largest absolute Gasteiger partial charge is 0.339 e. The Morgan fingerprint density at radius 2 is 1.36 bits per heavy atom. The van der Waals surface area contributed by atoms with Crippen molar-refractivity contribution in [1.29, 1.82) is 0 Å². The molecule has 6 heteroatoms. The molecule has 0 saturated heterocycles. The molecule has 0 aliphatic heterocycles. The average Bonchev–Trinajstić information content (AvgIpc) is 2.66. The van der Waals surface area contributed by atoms with Crippen molar-refractivity contribution in [3.63, 3.8) is 0 Å². The van der Waals surface area contributed by atoms with Crippen molar-refractivity contribution in [3.8, 4) is 0 Å². The van der Waals surface area contributed by atoms with Crippen molar-refractivity contribution in [2.45, 2.75) is 122 Å². The highest BCUT2D eigenvalue weighted by Crippen LogP contribution is 2.24. The molecule has 0 spiro atoms. The fraction of sp³-hybridized carbons (Fsp3) is 0.955. The number of hydrogen-bond acceptors (Lipinski definition) is 3. The molecular formula is C22H43NO4S. The lowest BCUT2D eigenvalue weighted by Gasteiger charge is -2.34. The summed E-state index contributed by atoms with van der Waals surface area (Å²) in [5.74, 6) is -0.292. The SMILES string of the molecule is CCCCCCCCCCCCCC(=O)N(CCS(=O)(=O)O)C1CCCCC1. The average molecular weight is 418 g/mol. The van der Waals surface area contributed by atoms with Crippen LogP contribution in [0.1, 0.15) is 116 Å². The first-order chi connectivity index (χ1) is 13.4. The first-order valence-corrected chi connectivity index (χ1v) is 13.3. The summed E-state index contributed by atoms with van der Waals surface area (Å²) in [4.78, 5) is 14.4. The normalized spacial score (nSPS) is 15.6. The minimum Gasteiger partial charge on any atom is -0.339 e. The Bertz CT molecular complexity index is 501. The van der Waals surface area contributed by atoms with Gasteiger partial charge in [0.2, 0.25) is 5.91 Å². The van der Waals surface area contributed by atoms with Crippen LogP contribution >= 0.6 is 0 Å². The highest BCUT2D eigenvalue weighted by molar-refractivity contribution is 7.85. The van der Waals surface area contributed by atoms with Gasteiger partial charge in [-0.2, -0.15) is 8.42 Å². The first-order valence-electron chi connectivity index (χ1n) is 11.7. The molecule has 1 aliphatic rings. The smallest absolute Gasteiger partial charge is 0.266 e. The van der Waals surface area contributed by atoms with E-state index in [1.807, 2.05) is 0 Å². The van der Waals surface area contributed by atoms with E-state index in [9.17, 15) is 13.2 Å². The van der Waals surface area contributed by atoms with Gasteiger partial charge in [-0.15, -0.1) is 0 Å². The molecule has 1 N–H and O–H groups in total. The lowest BCUT2D eigenvalue weighted by atomic mass is 9.94. The molecule has 166 valence electrons. The van der Waals surface area contributed by atoms with Crippen LogP contribution in [0.15, 0.2) is 0 Å². The Labute approximate surface area is 173 Å². The summed E-state index contributed by atoms with van der Waals surface area (Å²) in [6.07, 6.45) is 19.5. The quantitative estimate of drug-likeness (QED) is 0.257. The summed E-state index contributed by atoms with van der Waals surface area (Å²) >= 11 is 0. The van der Waals surface area contributed by atoms with Gasteiger partial charge in [0.05, 0.1) is 5.75 Å². The third-order valence-corrected chi connectivity index (χ3v) is 6.62. The van der Waals surface area contributed by atoms with Crippen LogP contribution in [-0.2, 0) is 14.9 Å². The van der Waals surface area contributed by atoms with E-state index in [0.29, 0.717) is 6.42 Å². The van der Waals surface area contributed by atoms with Crippen LogP contribution in [0, 0.1) is 0 Å². The summed E-state index contributed by atoms with van der Waals surface area (Å²) in [5.41, 5.74) is 0. The zero-order valence-electron chi connectivity index (χ0n) is 18.0. The molecule has 1 saturated carbocycles. The number of nitrogens with zero attached hydrogens (tertiary/aromatic N) is 1. The molecule has 1 amide bonds. The number of unbranched alkanes of at least 4 members (excludes halogenated alkanes) is 10. The summed E-state index contributed by atoms with van der Waals surface area (Å²) in [6.45, 7) is 2.37. The van der Waals surface area contributed by atoms with Gasteiger partial charge in [-0.3, -0.25) is 9.35 Å². The fourth-order valence-electron chi connectivity index (χ4n) is 4.20. The van der Waals surface area contributed by atoms with Crippen LogP contribution in [0.3, 0.4) is 0 Å². The topological polar surface area (TPSA) is 74.7 Å². The van der Waals surface area contributed by atoms with Gasteiger partial charge in [0.25, 0.3) is 10.1 Å². The molecule has 1 aliphatic carbocycles. The molecule has 0 aromatic rings. The second-order valence-corrected chi connectivity index (χ2v) is 10.0. The molecule has 0 atom stereocenters. The molecule has 0 bridgehead atoms. The molecule has 1 fully saturated rings. The molecule has 0 radical (unpaired) electrons. The van der Waals surface area contributed by atoms with E-state index in [2.05, 4.69) is 6.92 Å². The van der Waals surface area contributed by atoms with Gasteiger partial charge >= 0.3 is 0 Å². The van der Waals surface area contributed by atoms with Crippen molar-refractivity contribution in [3.05, 3.63) is 0 Å². The maximum atomic E-state index is 12.7. The number of rotatable bonds is 16. The highest BCUT2D eigenvalue weighted by atomic mass is 32.2. The zero-order valence-corrected chi connectivity index (χ0v) is 18.9. The molecule has 5 nitrogen and oxygen atoms in total. The number of hydrogen-bond donors (Lipinski definition) is 1. The summed E-state index contributed by atoms with van der Waals surface area (Å²) in [5, 5.41) is 0. The Balaban J connectivity index is 2.19. The number of carbonyl (C=O) groups is 1. The summed E-state index contributed by atoms with van der Waals surface area (Å²) in [7, 11) is -4.03. The Morgan fingerprint density at radius 1 is 0.857 bits per heavy atom. The van der Waals surface area contributed by atoms with Gasteiger partial charge in [0, 0.05) is 19.0 Å². The second kappa shape index (κ2) is 15.3. The van der Waals surface area contributed by atoms with E-state index in [4.69, 9.17) is 4.55 Å². The van der Waals surface area contributed by atoms with Crippen molar-refractivity contribution >= 4 is 16.0 Å². The zero-order chi connectivity index (χ0) is 20.7. The molecule has 28 heavy (non-hydrogen) atoms. The highest BCUT2D eigenvalue weighted by Gasteiger charge is 2.26. The molecule has 0 unspecified atom stereocenters. The third kappa shape index (κ3) is 12.8. The van der Waals surface area contributed by atoms with Gasteiger partial charge in [-0.1, -0.05) is 90.4 Å². The van der Waals surface area contributed by atoms with Crippen LogP contribution in [0.25, 0.3) is 0 Å². The van der Waals surface area contributed by atoms with Crippen molar-refractivity contribution in [2.75, 3.05) is 12.3 Å². The van der Waals surface area contributed by atoms with Crippen LogP contribution in [0.5, 0.6) is 0 Å². The first kappa shape index (κ1) is 25.4.